The minimum atomic E-state index is -1.23. The molecule has 2 rings (SSSR count). The second-order valence-corrected chi connectivity index (χ2v) is 3.69. The van der Waals surface area contributed by atoms with E-state index in [1.807, 2.05) is 0 Å². The molecule has 90 valence electrons. The highest BCUT2D eigenvalue weighted by molar-refractivity contribution is 5.36. The molecule has 0 amide bonds. The summed E-state index contributed by atoms with van der Waals surface area (Å²) in [6.45, 7) is 1.69. The fraction of sp³-hybridized carbons (Fsp3) is 0.182. The molecule has 1 aromatic heterocycles. The van der Waals surface area contributed by atoms with Crippen molar-refractivity contribution in [1.29, 1.82) is 0 Å². The summed E-state index contributed by atoms with van der Waals surface area (Å²) < 4.78 is 40.7. The number of hydrogen-bond donors (Lipinski definition) is 1. The summed E-state index contributed by atoms with van der Waals surface area (Å²) in [7, 11) is 0. The number of benzene rings is 1. The molecule has 0 saturated heterocycles. The molecule has 3 nitrogen and oxygen atoms in total. The first kappa shape index (κ1) is 11.7. The fourth-order valence-corrected chi connectivity index (χ4v) is 1.54. The molecule has 1 heterocycles. The molecule has 0 aliphatic carbocycles. The van der Waals surface area contributed by atoms with Crippen molar-refractivity contribution in [1.82, 2.24) is 9.55 Å². The van der Waals surface area contributed by atoms with E-state index in [1.54, 1.807) is 6.92 Å². The zero-order chi connectivity index (χ0) is 12.6. The number of rotatable bonds is 2. The minimum absolute atomic E-state index is 0.117. The standard InChI is InChI=1S/C11H10F3N3/c1-6(15)11-4-16-5-17(11)10-3-8(13)7(12)2-9(10)14/h2-6H,15H2,1H3/t6-/m0/s1. The van der Waals surface area contributed by atoms with Crippen molar-refractivity contribution in [2.24, 2.45) is 5.73 Å². The van der Waals surface area contributed by atoms with E-state index in [0.29, 0.717) is 11.8 Å². The van der Waals surface area contributed by atoms with Gasteiger partial charge in [-0.2, -0.15) is 0 Å². The molecule has 2 N–H and O–H groups in total. The van der Waals surface area contributed by atoms with E-state index in [4.69, 9.17) is 5.73 Å². The SMILES string of the molecule is C[C@H](N)c1cncn1-c1cc(F)c(F)cc1F. The summed E-state index contributed by atoms with van der Waals surface area (Å²) in [6, 6.07) is 0.874. The van der Waals surface area contributed by atoms with Crippen molar-refractivity contribution in [2.45, 2.75) is 13.0 Å². The van der Waals surface area contributed by atoms with E-state index in [1.165, 1.54) is 17.1 Å². The molecular formula is C11H10F3N3. The van der Waals surface area contributed by atoms with Crippen LogP contribution in [0.5, 0.6) is 0 Å². The highest BCUT2D eigenvalue weighted by Gasteiger charge is 2.15. The Kier molecular flexibility index (Phi) is 2.89. The van der Waals surface area contributed by atoms with E-state index in [9.17, 15) is 13.2 Å². The lowest BCUT2D eigenvalue weighted by Gasteiger charge is -2.11. The Balaban J connectivity index is 2.60. The molecule has 0 fully saturated rings. The first-order valence-electron chi connectivity index (χ1n) is 4.93. The van der Waals surface area contributed by atoms with Gasteiger partial charge in [0.05, 0.1) is 23.9 Å². The fourth-order valence-electron chi connectivity index (χ4n) is 1.54. The van der Waals surface area contributed by atoms with Crippen LogP contribution >= 0.6 is 0 Å². The number of imidazole rings is 1. The van der Waals surface area contributed by atoms with Crippen LogP contribution in [0, 0.1) is 17.5 Å². The third-order valence-electron chi connectivity index (χ3n) is 2.38. The Hall–Kier alpha value is -1.82. The van der Waals surface area contributed by atoms with Gasteiger partial charge in [-0.25, -0.2) is 18.2 Å². The minimum Gasteiger partial charge on any atom is -0.323 e. The first-order valence-corrected chi connectivity index (χ1v) is 4.93. The van der Waals surface area contributed by atoms with Gasteiger partial charge in [0.25, 0.3) is 0 Å². The lowest BCUT2D eigenvalue weighted by atomic mass is 10.2. The smallest absolute Gasteiger partial charge is 0.161 e. The van der Waals surface area contributed by atoms with Crippen molar-refractivity contribution in [3.8, 4) is 5.69 Å². The molecular weight excluding hydrogens is 231 g/mol. The summed E-state index contributed by atoms with van der Waals surface area (Å²) in [6.07, 6.45) is 2.75. The van der Waals surface area contributed by atoms with Gasteiger partial charge < -0.3 is 5.73 Å². The predicted molar refractivity (Wildman–Crippen MR) is 56.0 cm³/mol. The van der Waals surface area contributed by atoms with E-state index in [-0.39, 0.29) is 5.69 Å². The Morgan fingerprint density at radius 3 is 2.47 bits per heavy atom. The summed E-state index contributed by atoms with van der Waals surface area (Å²) >= 11 is 0. The number of nitrogens with two attached hydrogens (primary N) is 1. The monoisotopic (exact) mass is 241 g/mol. The van der Waals surface area contributed by atoms with Gasteiger partial charge in [0.15, 0.2) is 11.6 Å². The average molecular weight is 241 g/mol. The molecule has 1 aromatic carbocycles. The highest BCUT2D eigenvalue weighted by atomic mass is 19.2. The molecule has 1 atom stereocenters. The zero-order valence-electron chi connectivity index (χ0n) is 8.99. The quantitative estimate of drug-likeness (QED) is 0.820. The molecule has 6 heteroatoms. The molecule has 2 aromatic rings. The van der Waals surface area contributed by atoms with E-state index < -0.39 is 23.5 Å². The van der Waals surface area contributed by atoms with Crippen LogP contribution in [0.3, 0.4) is 0 Å². The topological polar surface area (TPSA) is 43.8 Å². The van der Waals surface area contributed by atoms with Crippen LogP contribution in [0.1, 0.15) is 18.7 Å². The number of aromatic nitrogens is 2. The summed E-state index contributed by atoms with van der Waals surface area (Å²) in [5.74, 6) is -3.22. The predicted octanol–water partition coefficient (Wildman–Crippen LogP) is 2.31. The third-order valence-corrected chi connectivity index (χ3v) is 2.38. The van der Waals surface area contributed by atoms with Gasteiger partial charge in [-0.1, -0.05) is 0 Å². The van der Waals surface area contributed by atoms with Gasteiger partial charge in [-0.3, -0.25) is 4.57 Å². The third kappa shape index (κ3) is 2.03. The Bertz CT molecular complexity index is 549. The van der Waals surface area contributed by atoms with Crippen LogP contribution in [0.15, 0.2) is 24.7 Å². The number of halogens is 3. The van der Waals surface area contributed by atoms with Gasteiger partial charge >= 0.3 is 0 Å². The molecule has 0 aliphatic heterocycles. The van der Waals surface area contributed by atoms with Crippen LogP contribution in [0.4, 0.5) is 13.2 Å². The maximum atomic E-state index is 13.5. The summed E-state index contributed by atoms with van der Waals surface area (Å²) in [4.78, 5) is 3.81. The van der Waals surface area contributed by atoms with Crippen molar-refractivity contribution in [3.05, 3.63) is 47.8 Å². The normalized spacial score (nSPS) is 12.8. The molecule has 0 bridgehead atoms. The largest absolute Gasteiger partial charge is 0.323 e. The maximum Gasteiger partial charge on any atom is 0.161 e. The van der Waals surface area contributed by atoms with Gasteiger partial charge in [0, 0.05) is 18.2 Å². The molecule has 0 aliphatic rings. The Morgan fingerprint density at radius 1 is 1.18 bits per heavy atom. The highest BCUT2D eigenvalue weighted by Crippen LogP contribution is 2.21. The zero-order valence-corrected chi connectivity index (χ0v) is 8.99. The van der Waals surface area contributed by atoms with Crippen molar-refractivity contribution in [2.75, 3.05) is 0 Å². The van der Waals surface area contributed by atoms with Gasteiger partial charge in [0.2, 0.25) is 0 Å². The van der Waals surface area contributed by atoms with Gasteiger partial charge in [-0.05, 0) is 6.92 Å². The van der Waals surface area contributed by atoms with Gasteiger partial charge in [-0.15, -0.1) is 0 Å². The van der Waals surface area contributed by atoms with E-state index in [0.717, 1.165) is 6.07 Å². The van der Waals surface area contributed by atoms with Gasteiger partial charge in [0.1, 0.15) is 5.82 Å². The first-order chi connectivity index (χ1) is 8.00. The maximum absolute atomic E-state index is 13.5. The lowest BCUT2D eigenvalue weighted by Crippen LogP contribution is -2.12. The lowest BCUT2D eigenvalue weighted by molar-refractivity contribution is 0.492. The van der Waals surface area contributed by atoms with Crippen molar-refractivity contribution >= 4 is 0 Å². The summed E-state index contributed by atoms with van der Waals surface area (Å²) in [5.41, 5.74) is 6.06. The number of nitrogens with zero attached hydrogens (tertiary/aromatic N) is 2. The van der Waals surface area contributed by atoms with Crippen molar-refractivity contribution in [3.63, 3.8) is 0 Å². The second-order valence-electron chi connectivity index (χ2n) is 3.69. The summed E-state index contributed by atoms with van der Waals surface area (Å²) in [5, 5.41) is 0. The average Bonchev–Trinajstić information content (AvgIpc) is 2.72. The Labute approximate surface area is 95.7 Å². The van der Waals surface area contributed by atoms with Crippen LogP contribution < -0.4 is 5.73 Å². The van der Waals surface area contributed by atoms with Crippen LogP contribution in [-0.4, -0.2) is 9.55 Å². The molecule has 17 heavy (non-hydrogen) atoms. The molecule has 0 unspecified atom stereocenters. The molecule has 0 saturated carbocycles. The molecule has 0 spiro atoms. The van der Waals surface area contributed by atoms with Crippen LogP contribution in [-0.2, 0) is 0 Å². The van der Waals surface area contributed by atoms with Crippen LogP contribution in [0.25, 0.3) is 5.69 Å². The second kappa shape index (κ2) is 4.21. The van der Waals surface area contributed by atoms with Crippen molar-refractivity contribution < 1.29 is 13.2 Å². The van der Waals surface area contributed by atoms with E-state index in [2.05, 4.69) is 4.98 Å². The number of hydrogen-bond acceptors (Lipinski definition) is 2. The Morgan fingerprint density at radius 2 is 1.82 bits per heavy atom. The molecule has 0 radical (unpaired) electrons. The van der Waals surface area contributed by atoms with E-state index >= 15 is 0 Å². The van der Waals surface area contributed by atoms with Crippen LogP contribution in [0.2, 0.25) is 0 Å².